The van der Waals surface area contributed by atoms with Gasteiger partial charge in [0.25, 0.3) is 0 Å². The van der Waals surface area contributed by atoms with E-state index in [4.69, 9.17) is 5.73 Å². The Bertz CT molecular complexity index is 408. The summed E-state index contributed by atoms with van der Waals surface area (Å²) >= 11 is 0. The van der Waals surface area contributed by atoms with Crippen LogP contribution in [0.5, 0.6) is 0 Å². The fourth-order valence-electron chi connectivity index (χ4n) is 3.38. The quantitative estimate of drug-likeness (QED) is 0.858. The summed E-state index contributed by atoms with van der Waals surface area (Å²) in [6.45, 7) is 4.28. The normalized spacial score (nSPS) is 20.0. The monoisotopic (exact) mass is 249 g/mol. The third-order valence-electron chi connectivity index (χ3n) is 4.84. The number of halogens is 1. The van der Waals surface area contributed by atoms with Crippen molar-refractivity contribution in [3.05, 3.63) is 35.1 Å². The third-order valence-corrected chi connectivity index (χ3v) is 4.84. The predicted molar refractivity (Wildman–Crippen MR) is 74.0 cm³/mol. The zero-order valence-electron chi connectivity index (χ0n) is 11.5. The summed E-state index contributed by atoms with van der Waals surface area (Å²) in [5.74, 6) is -0.153. The van der Waals surface area contributed by atoms with E-state index in [1.807, 2.05) is 13.0 Å². The molecule has 0 saturated heterocycles. The van der Waals surface area contributed by atoms with E-state index in [9.17, 15) is 4.39 Å². The summed E-state index contributed by atoms with van der Waals surface area (Å²) in [6.07, 6.45) is 7.01. The Balaban J connectivity index is 2.15. The van der Waals surface area contributed by atoms with Crippen LogP contribution in [0.2, 0.25) is 0 Å². The Kier molecular flexibility index (Phi) is 4.06. The van der Waals surface area contributed by atoms with Crippen molar-refractivity contribution in [2.45, 2.75) is 58.4 Å². The first kappa shape index (κ1) is 13.5. The van der Waals surface area contributed by atoms with Gasteiger partial charge in [-0.25, -0.2) is 4.39 Å². The van der Waals surface area contributed by atoms with Crippen LogP contribution in [0.3, 0.4) is 0 Å². The Morgan fingerprint density at radius 2 is 2.00 bits per heavy atom. The number of hydrogen-bond acceptors (Lipinski definition) is 1. The summed E-state index contributed by atoms with van der Waals surface area (Å²) in [7, 11) is 0. The summed E-state index contributed by atoms with van der Waals surface area (Å²) < 4.78 is 13.3. The summed E-state index contributed by atoms with van der Waals surface area (Å²) in [5.41, 5.74) is 8.96. The van der Waals surface area contributed by atoms with E-state index in [0.29, 0.717) is 5.41 Å². The molecule has 0 radical (unpaired) electrons. The molecule has 0 amide bonds. The van der Waals surface area contributed by atoms with Crippen molar-refractivity contribution < 1.29 is 4.39 Å². The minimum atomic E-state index is -0.153. The average molecular weight is 249 g/mol. The van der Waals surface area contributed by atoms with Crippen molar-refractivity contribution in [3.63, 3.8) is 0 Å². The highest BCUT2D eigenvalue weighted by molar-refractivity contribution is 5.27. The fraction of sp³-hybridized carbons (Fsp3) is 0.625. The highest BCUT2D eigenvalue weighted by Gasteiger charge is 2.37. The average Bonchev–Trinajstić information content (AvgIpc) is 2.84. The minimum absolute atomic E-state index is 0.153. The predicted octanol–water partition coefficient (Wildman–Crippen LogP) is 3.97. The lowest BCUT2D eigenvalue weighted by Gasteiger charge is -2.34. The van der Waals surface area contributed by atoms with Crippen LogP contribution in [0.15, 0.2) is 18.2 Å². The molecule has 1 aromatic carbocycles. The summed E-state index contributed by atoms with van der Waals surface area (Å²) in [4.78, 5) is 0. The van der Waals surface area contributed by atoms with Gasteiger partial charge >= 0.3 is 0 Å². The van der Waals surface area contributed by atoms with Gasteiger partial charge in [-0.05, 0) is 61.3 Å². The van der Waals surface area contributed by atoms with Crippen molar-refractivity contribution in [2.75, 3.05) is 0 Å². The molecule has 2 rings (SSSR count). The highest BCUT2D eigenvalue weighted by atomic mass is 19.1. The third kappa shape index (κ3) is 2.59. The number of hydrogen-bond donors (Lipinski definition) is 1. The molecule has 0 bridgehead atoms. The first-order chi connectivity index (χ1) is 8.57. The van der Waals surface area contributed by atoms with Crippen molar-refractivity contribution in [3.8, 4) is 0 Å². The summed E-state index contributed by atoms with van der Waals surface area (Å²) in [6, 6.07) is 5.18. The molecule has 1 nitrogen and oxygen atoms in total. The van der Waals surface area contributed by atoms with Crippen molar-refractivity contribution >= 4 is 0 Å². The van der Waals surface area contributed by atoms with Crippen molar-refractivity contribution in [2.24, 2.45) is 11.1 Å². The zero-order chi connectivity index (χ0) is 13.2. The fourth-order valence-corrected chi connectivity index (χ4v) is 3.38. The maximum Gasteiger partial charge on any atom is 0.123 e. The van der Waals surface area contributed by atoms with Gasteiger partial charge in [0, 0.05) is 6.04 Å². The van der Waals surface area contributed by atoms with Crippen LogP contribution in [-0.4, -0.2) is 6.04 Å². The Morgan fingerprint density at radius 1 is 1.33 bits per heavy atom. The van der Waals surface area contributed by atoms with Gasteiger partial charge in [-0.3, -0.25) is 0 Å². The van der Waals surface area contributed by atoms with Gasteiger partial charge in [0.1, 0.15) is 5.82 Å². The van der Waals surface area contributed by atoms with Crippen LogP contribution >= 0.6 is 0 Å². The number of benzene rings is 1. The van der Waals surface area contributed by atoms with E-state index in [1.54, 1.807) is 6.07 Å². The smallest absolute Gasteiger partial charge is 0.123 e. The Hall–Kier alpha value is -0.890. The van der Waals surface area contributed by atoms with Crippen LogP contribution in [0.1, 0.15) is 50.2 Å². The molecule has 0 aliphatic heterocycles. The molecule has 0 spiro atoms. The topological polar surface area (TPSA) is 26.0 Å². The Labute approximate surface area is 110 Å². The van der Waals surface area contributed by atoms with Gasteiger partial charge in [-0.1, -0.05) is 25.8 Å². The standard InChI is InChI=1S/C16H24FN/c1-3-16(8-4-5-9-16)15(18)11-13-10-14(17)7-6-12(13)2/h6-7,10,15H,3-5,8-9,11,18H2,1-2H3. The van der Waals surface area contributed by atoms with Crippen LogP contribution in [-0.2, 0) is 6.42 Å². The molecular formula is C16H24FN. The molecule has 1 aliphatic carbocycles. The molecular weight excluding hydrogens is 225 g/mol. The molecule has 2 N–H and O–H groups in total. The van der Waals surface area contributed by atoms with Crippen LogP contribution in [0.25, 0.3) is 0 Å². The maximum absolute atomic E-state index is 13.3. The van der Waals surface area contributed by atoms with Gasteiger partial charge in [-0.2, -0.15) is 0 Å². The van der Waals surface area contributed by atoms with E-state index < -0.39 is 0 Å². The maximum atomic E-state index is 13.3. The number of rotatable bonds is 4. The van der Waals surface area contributed by atoms with E-state index in [0.717, 1.165) is 24.0 Å². The molecule has 100 valence electrons. The van der Waals surface area contributed by atoms with E-state index in [1.165, 1.54) is 31.7 Å². The molecule has 0 aromatic heterocycles. The summed E-state index contributed by atoms with van der Waals surface area (Å²) in [5, 5.41) is 0. The molecule has 1 aromatic rings. The largest absolute Gasteiger partial charge is 0.327 e. The van der Waals surface area contributed by atoms with Gasteiger partial charge in [0.2, 0.25) is 0 Å². The minimum Gasteiger partial charge on any atom is -0.327 e. The lowest BCUT2D eigenvalue weighted by molar-refractivity contribution is 0.218. The molecule has 2 heteroatoms. The van der Waals surface area contributed by atoms with Gasteiger partial charge in [0.15, 0.2) is 0 Å². The van der Waals surface area contributed by atoms with Gasteiger partial charge in [0.05, 0.1) is 0 Å². The van der Waals surface area contributed by atoms with Gasteiger partial charge in [-0.15, -0.1) is 0 Å². The molecule has 1 unspecified atom stereocenters. The molecule has 1 atom stereocenters. The second-order valence-electron chi connectivity index (χ2n) is 5.80. The van der Waals surface area contributed by atoms with Gasteiger partial charge < -0.3 is 5.73 Å². The van der Waals surface area contributed by atoms with Crippen LogP contribution < -0.4 is 5.73 Å². The number of nitrogens with two attached hydrogens (primary N) is 1. The molecule has 1 fully saturated rings. The van der Waals surface area contributed by atoms with Crippen LogP contribution in [0.4, 0.5) is 4.39 Å². The highest BCUT2D eigenvalue weighted by Crippen LogP contribution is 2.44. The molecule has 1 saturated carbocycles. The van der Waals surface area contributed by atoms with E-state index in [2.05, 4.69) is 6.92 Å². The van der Waals surface area contributed by atoms with Crippen molar-refractivity contribution in [1.29, 1.82) is 0 Å². The lowest BCUT2D eigenvalue weighted by atomic mass is 9.74. The molecule has 1 aliphatic rings. The lowest BCUT2D eigenvalue weighted by Crippen LogP contribution is -2.41. The Morgan fingerprint density at radius 3 is 2.61 bits per heavy atom. The zero-order valence-corrected chi connectivity index (χ0v) is 11.5. The van der Waals surface area contributed by atoms with E-state index >= 15 is 0 Å². The van der Waals surface area contributed by atoms with Crippen LogP contribution in [0, 0.1) is 18.2 Å². The molecule has 18 heavy (non-hydrogen) atoms. The number of aryl methyl sites for hydroxylation is 1. The first-order valence-corrected chi connectivity index (χ1v) is 7.08. The second-order valence-corrected chi connectivity index (χ2v) is 5.80. The first-order valence-electron chi connectivity index (χ1n) is 7.08. The SMILES string of the molecule is CCC1(C(N)Cc2cc(F)ccc2C)CCCC1. The van der Waals surface area contributed by atoms with Crippen molar-refractivity contribution in [1.82, 2.24) is 0 Å². The second kappa shape index (κ2) is 5.40. The van der Waals surface area contributed by atoms with E-state index in [-0.39, 0.29) is 11.9 Å². The molecule has 0 heterocycles.